The molecule has 0 spiro atoms. The maximum atomic E-state index is 3.59. The SMILES string of the molecule is CN(C)c1ccc(CC2CCCCN2)cc1. The zero-order valence-corrected chi connectivity index (χ0v) is 10.4. The third-order valence-electron chi connectivity index (χ3n) is 3.35. The molecule has 2 heteroatoms. The van der Waals surface area contributed by atoms with Crippen molar-refractivity contribution in [3.8, 4) is 0 Å². The third-order valence-corrected chi connectivity index (χ3v) is 3.35. The summed E-state index contributed by atoms with van der Waals surface area (Å²) in [6.07, 6.45) is 5.23. The highest BCUT2D eigenvalue weighted by Crippen LogP contribution is 2.16. The summed E-state index contributed by atoms with van der Waals surface area (Å²) < 4.78 is 0. The van der Waals surface area contributed by atoms with Crippen molar-refractivity contribution in [1.29, 1.82) is 0 Å². The van der Waals surface area contributed by atoms with Gasteiger partial charge in [-0.25, -0.2) is 0 Å². The highest BCUT2D eigenvalue weighted by atomic mass is 15.1. The Hall–Kier alpha value is -1.02. The first kappa shape index (κ1) is 11.5. The Kier molecular flexibility index (Phi) is 3.83. The Morgan fingerprint density at radius 3 is 2.50 bits per heavy atom. The van der Waals surface area contributed by atoms with Crippen LogP contribution in [0, 0.1) is 0 Å². The number of hydrogen-bond donors (Lipinski definition) is 1. The molecule has 0 bridgehead atoms. The van der Waals surface area contributed by atoms with E-state index in [2.05, 4.69) is 48.6 Å². The van der Waals surface area contributed by atoms with Crippen molar-refractivity contribution in [2.45, 2.75) is 31.7 Å². The lowest BCUT2D eigenvalue weighted by Gasteiger charge is -2.23. The average molecular weight is 218 g/mol. The molecule has 1 fully saturated rings. The van der Waals surface area contributed by atoms with Crippen molar-refractivity contribution in [2.75, 3.05) is 25.5 Å². The maximum Gasteiger partial charge on any atom is 0.0361 e. The van der Waals surface area contributed by atoms with Crippen LogP contribution in [0.5, 0.6) is 0 Å². The summed E-state index contributed by atoms with van der Waals surface area (Å²) in [6, 6.07) is 9.62. The molecule has 1 saturated heterocycles. The molecule has 0 radical (unpaired) electrons. The highest BCUT2D eigenvalue weighted by Gasteiger charge is 2.12. The number of hydrogen-bond acceptors (Lipinski definition) is 2. The van der Waals surface area contributed by atoms with Gasteiger partial charge >= 0.3 is 0 Å². The molecule has 0 aromatic heterocycles. The molecule has 1 aromatic rings. The molecule has 16 heavy (non-hydrogen) atoms. The summed E-state index contributed by atoms with van der Waals surface area (Å²) in [7, 11) is 4.16. The predicted molar refractivity (Wildman–Crippen MR) is 70.1 cm³/mol. The number of piperidine rings is 1. The number of anilines is 1. The zero-order chi connectivity index (χ0) is 11.4. The minimum atomic E-state index is 0.693. The molecule has 1 atom stereocenters. The van der Waals surface area contributed by atoms with Crippen LogP contribution in [0.15, 0.2) is 24.3 Å². The van der Waals surface area contributed by atoms with Gasteiger partial charge in [0.1, 0.15) is 0 Å². The molecule has 0 saturated carbocycles. The molecule has 0 aliphatic carbocycles. The molecule has 0 amide bonds. The van der Waals surface area contributed by atoms with Crippen molar-refractivity contribution in [2.24, 2.45) is 0 Å². The Labute approximate surface area is 98.7 Å². The molecular weight excluding hydrogens is 196 g/mol. The van der Waals surface area contributed by atoms with E-state index in [1.807, 2.05) is 0 Å². The van der Waals surface area contributed by atoms with E-state index >= 15 is 0 Å². The molecule has 1 aliphatic heterocycles. The van der Waals surface area contributed by atoms with Crippen LogP contribution in [0.2, 0.25) is 0 Å². The van der Waals surface area contributed by atoms with E-state index in [0.29, 0.717) is 6.04 Å². The van der Waals surface area contributed by atoms with Crippen molar-refractivity contribution < 1.29 is 0 Å². The largest absolute Gasteiger partial charge is 0.378 e. The van der Waals surface area contributed by atoms with Gasteiger partial charge in [-0.3, -0.25) is 0 Å². The van der Waals surface area contributed by atoms with Gasteiger partial charge in [-0.05, 0) is 43.5 Å². The number of nitrogens with one attached hydrogen (secondary N) is 1. The Morgan fingerprint density at radius 2 is 1.94 bits per heavy atom. The normalized spacial score (nSPS) is 20.8. The van der Waals surface area contributed by atoms with E-state index in [0.717, 1.165) is 0 Å². The molecule has 2 rings (SSSR count). The van der Waals surface area contributed by atoms with Gasteiger partial charge < -0.3 is 10.2 Å². The van der Waals surface area contributed by atoms with Gasteiger partial charge in [0.25, 0.3) is 0 Å². The minimum absolute atomic E-state index is 0.693. The van der Waals surface area contributed by atoms with Crippen molar-refractivity contribution in [3.63, 3.8) is 0 Å². The van der Waals surface area contributed by atoms with Crippen LogP contribution in [0.1, 0.15) is 24.8 Å². The van der Waals surface area contributed by atoms with E-state index in [4.69, 9.17) is 0 Å². The fraction of sp³-hybridized carbons (Fsp3) is 0.571. The van der Waals surface area contributed by atoms with E-state index in [1.165, 1.54) is 43.5 Å². The Balaban J connectivity index is 1.93. The van der Waals surface area contributed by atoms with Crippen molar-refractivity contribution >= 4 is 5.69 Å². The predicted octanol–water partition coefficient (Wildman–Crippen LogP) is 2.44. The van der Waals surface area contributed by atoms with E-state index in [1.54, 1.807) is 0 Å². The molecule has 88 valence electrons. The second-order valence-corrected chi connectivity index (χ2v) is 4.91. The van der Waals surface area contributed by atoms with Crippen LogP contribution >= 0.6 is 0 Å². The molecule has 1 aromatic carbocycles. The lowest BCUT2D eigenvalue weighted by Crippen LogP contribution is -2.35. The van der Waals surface area contributed by atoms with Crippen LogP contribution in [-0.4, -0.2) is 26.7 Å². The summed E-state index contributed by atoms with van der Waals surface area (Å²) in [5.74, 6) is 0. The minimum Gasteiger partial charge on any atom is -0.378 e. The smallest absolute Gasteiger partial charge is 0.0361 e. The van der Waals surface area contributed by atoms with Gasteiger partial charge in [-0.2, -0.15) is 0 Å². The number of rotatable bonds is 3. The monoisotopic (exact) mass is 218 g/mol. The Morgan fingerprint density at radius 1 is 1.19 bits per heavy atom. The standard InChI is InChI=1S/C14H22N2/c1-16(2)14-8-6-12(7-9-14)11-13-5-3-4-10-15-13/h6-9,13,15H,3-5,10-11H2,1-2H3. The van der Waals surface area contributed by atoms with E-state index in [-0.39, 0.29) is 0 Å². The number of benzene rings is 1. The summed E-state index contributed by atoms with van der Waals surface area (Å²) >= 11 is 0. The fourth-order valence-electron chi connectivity index (χ4n) is 2.31. The molecule has 1 aliphatic rings. The average Bonchev–Trinajstić information content (AvgIpc) is 2.31. The van der Waals surface area contributed by atoms with Gasteiger partial charge in [0, 0.05) is 25.8 Å². The molecule has 2 nitrogen and oxygen atoms in total. The lowest BCUT2D eigenvalue weighted by molar-refractivity contribution is 0.399. The molecule has 1 N–H and O–H groups in total. The van der Waals surface area contributed by atoms with Crippen LogP contribution < -0.4 is 10.2 Å². The summed E-state index contributed by atoms with van der Waals surface area (Å²) in [6.45, 7) is 1.19. The van der Waals surface area contributed by atoms with Crippen molar-refractivity contribution in [1.82, 2.24) is 5.32 Å². The van der Waals surface area contributed by atoms with Gasteiger partial charge in [-0.1, -0.05) is 18.6 Å². The lowest BCUT2D eigenvalue weighted by atomic mass is 9.98. The van der Waals surface area contributed by atoms with Gasteiger partial charge in [-0.15, -0.1) is 0 Å². The van der Waals surface area contributed by atoms with Gasteiger partial charge in [0.2, 0.25) is 0 Å². The second-order valence-electron chi connectivity index (χ2n) is 4.91. The van der Waals surface area contributed by atoms with Crippen LogP contribution in [0.4, 0.5) is 5.69 Å². The Bertz CT molecular complexity index is 310. The van der Waals surface area contributed by atoms with Gasteiger partial charge in [0.15, 0.2) is 0 Å². The maximum absolute atomic E-state index is 3.59. The first-order chi connectivity index (χ1) is 7.75. The quantitative estimate of drug-likeness (QED) is 0.838. The fourth-order valence-corrected chi connectivity index (χ4v) is 2.31. The van der Waals surface area contributed by atoms with Crippen LogP contribution in [-0.2, 0) is 6.42 Å². The van der Waals surface area contributed by atoms with Crippen LogP contribution in [0.3, 0.4) is 0 Å². The third kappa shape index (κ3) is 2.99. The van der Waals surface area contributed by atoms with Crippen molar-refractivity contribution in [3.05, 3.63) is 29.8 Å². The first-order valence-electron chi connectivity index (χ1n) is 6.25. The molecule has 1 heterocycles. The summed E-state index contributed by atoms with van der Waals surface area (Å²) in [4.78, 5) is 2.14. The second kappa shape index (κ2) is 5.35. The van der Waals surface area contributed by atoms with E-state index in [9.17, 15) is 0 Å². The summed E-state index contributed by atoms with van der Waals surface area (Å²) in [5, 5.41) is 3.59. The number of nitrogens with zero attached hydrogens (tertiary/aromatic N) is 1. The van der Waals surface area contributed by atoms with Crippen LogP contribution in [0.25, 0.3) is 0 Å². The molecular formula is C14H22N2. The topological polar surface area (TPSA) is 15.3 Å². The molecule has 1 unspecified atom stereocenters. The summed E-state index contributed by atoms with van der Waals surface area (Å²) in [5.41, 5.74) is 2.73. The van der Waals surface area contributed by atoms with Gasteiger partial charge in [0.05, 0.1) is 0 Å². The first-order valence-corrected chi connectivity index (χ1v) is 6.25. The van der Waals surface area contributed by atoms with E-state index < -0.39 is 0 Å². The highest BCUT2D eigenvalue weighted by molar-refractivity contribution is 5.46. The zero-order valence-electron chi connectivity index (χ0n) is 10.4.